The van der Waals surface area contributed by atoms with Gasteiger partial charge in [0.1, 0.15) is 17.0 Å². The molecular weight excluding hydrogens is 286 g/mol. The molecule has 0 atom stereocenters. The zero-order valence-corrected chi connectivity index (χ0v) is 11.9. The van der Waals surface area contributed by atoms with Crippen molar-refractivity contribution < 1.29 is 4.42 Å². The van der Waals surface area contributed by atoms with Gasteiger partial charge >= 0.3 is 0 Å². The molecule has 0 spiro atoms. The highest BCUT2D eigenvalue weighted by molar-refractivity contribution is 6.28. The first-order valence-electron chi connectivity index (χ1n) is 6.51. The molecule has 2 aromatic heterocycles. The van der Waals surface area contributed by atoms with Crippen LogP contribution in [0.5, 0.6) is 0 Å². The fraction of sp³-hybridized carbons (Fsp3) is 0.0625. The van der Waals surface area contributed by atoms with Crippen LogP contribution in [-0.2, 0) is 0 Å². The molecule has 0 radical (unpaired) electrons. The number of nitrogens with zero attached hydrogens (tertiary/aromatic N) is 3. The highest BCUT2D eigenvalue weighted by Gasteiger charge is 2.14. The number of hydrogen-bond donors (Lipinski definition) is 0. The van der Waals surface area contributed by atoms with Gasteiger partial charge in [0.15, 0.2) is 5.82 Å². The third-order valence-electron chi connectivity index (χ3n) is 3.36. The second-order valence-electron chi connectivity index (χ2n) is 4.75. The lowest BCUT2D eigenvalue weighted by Gasteiger charge is -2.03. The molecule has 5 heteroatoms. The van der Waals surface area contributed by atoms with Gasteiger partial charge in [-0.15, -0.1) is 0 Å². The molecule has 0 amide bonds. The van der Waals surface area contributed by atoms with E-state index in [0.29, 0.717) is 11.6 Å². The summed E-state index contributed by atoms with van der Waals surface area (Å²) in [7, 11) is 0. The van der Waals surface area contributed by atoms with E-state index < -0.39 is 0 Å². The van der Waals surface area contributed by atoms with Crippen molar-refractivity contribution in [1.82, 2.24) is 15.0 Å². The van der Waals surface area contributed by atoms with Crippen molar-refractivity contribution in [1.29, 1.82) is 0 Å². The lowest BCUT2D eigenvalue weighted by Crippen LogP contribution is -1.96. The molecule has 21 heavy (non-hydrogen) atoms. The van der Waals surface area contributed by atoms with E-state index in [9.17, 15) is 0 Å². The van der Waals surface area contributed by atoms with Crippen LogP contribution < -0.4 is 0 Å². The number of halogens is 1. The topological polar surface area (TPSA) is 51.8 Å². The number of rotatable bonds is 1. The number of aromatic nitrogens is 3. The predicted molar refractivity (Wildman–Crippen MR) is 82.3 cm³/mol. The van der Waals surface area contributed by atoms with Crippen LogP contribution in [0.15, 0.2) is 46.9 Å². The number of aryl methyl sites for hydroxylation is 1. The van der Waals surface area contributed by atoms with Gasteiger partial charge in [0, 0.05) is 16.3 Å². The van der Waals surface area contributed by atoms with Gasteiger partial charge in [0.05, 0.1) is 0 Å². The summed E-state index contributed by atoms with van der Waals surface area (Å²) in [5.41, 5.74) is 2.55. The molecule has 102 valence electrons. The van der Waals surface area contributed by atoms with Crippen LogP contribution >= 0.6 is 11.6 Å². The molecule has 0 unspecified atom stereocenters. The monoisotopic (exact) mass is 295 g/mol. The SMILES string of the molecule is Cc1nc(Cl)nc(-c2cccc3oc4ccccc4c23)n1. The third kappa shape index (κ3) is 1.96. The molecule has 0 aliphatic heterocycles. The van der Waals surface area contributed by atoms with Crippen LogP contribution in [0, 0.1) is 6.92 Å². The average Bonchev–Trinajstić information content (AvgIpc) is 2.84. The summed E-state index contributed by atoms with van der Waals surface area (Å²) in [6, 6.07) is 13.7. The van der Waals surface area contributed by atoms with Crippen molar-refractivity contribution in [2.45, 2.75) is 6.92 Å². The van der Waals surface area contributed by atoms with Gasteiger partial charge in [-0.1, -0.05) is 30.3 Å². The molecule has 2 aromatic carbocycles. The molecule has 4 nitrogen and oxygen atoms in total. The zero-order valence-electron chi connectivity index (χ0n) is 11.2. The summed E-state index contributed by atoms with van der Waals surface area (Å²) >= 11 is 5.96. The summed E-state index contributed by atoms with van der Waals surface area (Å²) in [5, 5.41) is 2.23. The average molecular weight is 296 g/mol. The highest BCUT2D eigenvalue weighted by Crippen LogP contribution is 2.35. The standard InChI is InChI=1S/C16H10ClN3O/c1-9-18-15(20-16(17)19-9)11-6-4-8-13-14(11)10-5-2-3-7-12(10)21-13/h2-8H,1H3. The van der Waals surface area contributed by atoms with E-state index >= 15 is 0 Å². The molecule has 0 saturated carbocycles. The van der Waals surface area contributed by atoms with Crippen LogP contribution in [0.3, 0.4) is 0 Å². The van der Waals surface area contributed by atoms with Crippen LogP contribution in [0.1, 0.15) is 5.82 Å². The van der Waals surface area contributed by atoms with Gasteiger partial charge in [-0.05, 0) is 30.7 Å². The minimum Gasteiger partial charge on any atom is -0.456 e. The van der Waals surface area contributed by atoms with Gasteiger partial charge < -0.3 is 4.42 Å². The van der Waals surface area contributed by atoms with Crippen molar-refractivity contribution >= 4 is 33.5 Å². The molecule has 0 N–H and O–H groups in total. The van der Waals surface area contributed by atoms with Gasteiger partial charge in [-0.2, -0.15) is 4.98 Å². The second kappa shape index (κ2) is 4.53. The molecule has 4 aromatic rings. The van der Waals surface area contributed by atoms with Crippen molar-refractivity contribution in [2.75, 3.05) is 0 Å². The Labute approximate surface area is 125 Å². The molecular formula is C16H10ClN3O. The lowest BCUT2D eigenvalue weighted by molar-refractivity contribution is 0.669. The maximum atomic E-state index is 5.96. The summed E-state index contributed by atoms with van der Waals surface area (Å²) in [5.74, 6) is 1.15. The first-order valence-corrected chi connectivity index (χ1v) is 6.89. The van der Waals surface area contributed by atoms with Gasteiger partial charge in [0.25, 0.3) is 0 Å². The van der Waals surface area contributed by atoms with E-state index in [1.807, 2.05) is 42.5 Å². The Balaban J connectivity index is 2.13. The number of para-hydroxylation sites is 1. The Kier molecular flexibility index (Phi) is 2.65. The fourth-order valence-corrected chi connectivity index (χ4v) is 2.73. The minimum atomic E-state index is 0.197. The van der Waals surface area contributed by atoms with E-state index in [1.165, 1.54) is 0 Å². The summed E-state index contributed by atoms with van der Waals surface area (Å²) < 4.78 is 5.87. The summed E-state index contributed by atoms with van der Waals surface area (Å²) in [4.78, 5) is 12.6. The normalized spacial score (nSPS) is 11.3. The van der Waals surface area contributed by atoms with Crippen LogP contribution in [-0.4, -0.2) is 15.0 Å². The van der Waals surface area contributed by atoms with E-state index in [0.717, 1.165) is 27.5 Å². The smallest absolute Gasteiger partial charge is 0.226 e. The third-order valence-corrected chi connectivity index (χ3v) is 3.53. The maximum Gasteiger partial charge on any atom is 0.226 e. The molecule has 4 rings (SSSR count). The first-order chi connectivity index (χ1) is 10.2. The minimum absolute atomic E-state index is 0.197. The second-order valence-corrected chi connectivity index (χ2v) is 5.09. The molecule has 0 aliphatic rings. The Hall–Kier alpha value is -2.46. The van der Waals surface area contributed by atoms with Crippen LogP contribution in [0.25, 0.3) is 33.3 Å². The largest absolute Gasteiger partial charge is 0.456 e. The van der Waals surface area contributed by atoms with E-state index in [-0.39, 0.29) is 5.28 Å². The number of benzene rings is 2. The summed E-state index contributed by atoms with van der Waals surface area (Å²) in [6.45, 7) is 1.80. The van der Waals surface area contributed by atoms with Crippen molar-refractivity contribution in [3.05, 3.63) is 53.6 Å². The fourth-order valence-electron chi connectivity index (χ4n) is 2.53. The first kappa shape index (κ1) is 12.3. The molecule has 0 aliphatic carbocycles. The molecule has 2 heterocycles. The van der Waals surface area contributed by atoms with Gasteiger partial charge in [-0.3, -0.25) is 0 Å². The van der Waals surface area contributed by atoms with E-state index in [4.69, 9.17) is 16.0 Å². The van der Waals surface area contributed by atoms with Crippen LogP contribution in [0.4, 0.5) is 0 Å². The highest BCUT2D eigenvalue weighted by atomic mass is 35.5. The Bertz CT molecular complexity index is 958. The Morgan fingerprint density at radius 3 is 2.57 bits per heavy atom. The lowest BCUT2D eigenvalue weighted by atomic mass is 10.1. The van der Waals surface area contributed by atoms with Crippen molar-refractivity contribution in [3.63, 3.8) is 0 Å². The number of furan rings is 1. The Morgan fingerprint density at radius 1 is 0.905 bits per heavy atom. The molecule has 0 saturated heterocycles. The van der Waals surface area contributed by atoms with Gasteiger partial charge in [0.2, 0.25) is 5.28 Å². The number of hydrogen-bond acceptors (Lipinski definition) is 4. The van der Waals surface area contributed by atoms with E-state index in [2.05, 4.69) is 15.0 Å². The number of fused-ring (bicyclic) bond motifs is 3. The Morgan fingerprint density at radius 2 is 1.71 bits per heavy atom. The predicted octanol–water partition coefficient (Wildman–Crippen LogP) is 4.40. The van der Waals surface area contributed by atoms with Crippen LogP contribution in [0.2, 0.25) is 5.28 Å². The van der Waals surface area contributed by atoms with E-state index in [1.54, 1.807) is 6.92 Å². The summed E-state index contributed by atoms with van der Waals surface area (Å²) in [6.07, 6.45) is 0. The molecule has 0 fully saturated rings. The van der Waals surface area contributed by atoms with Gasteiger partial charge in [-0.25, -0.2) is 9.97 Å². The quantitative estimate of drug-likeness (QED) is 0.522. The zero-order chi connectivity index (χ0) is 14.4. The van der Waals surface area contributed by atoms with Crippen molar-refractivity contribution in [3.8, 4) is 11.4 Å². The maximum absolute atomic E-state index is 5.96. The van der Waals surface area contributed by atoms with Crippen molar-refractivity contribution in [2.24, 2.45) is 0 Å². The molecule has 0 bridgehead atoms.